The Labute approximate surface area is 117 Å². The first kappa shape index (κ1) is 15.9. The van der Waals surface area contributed by atoms with E-state index in [9.17, 15) is 9.90 Å². The fourth-order valence-corrected chi connectivity index (χ4v) is 1.61. The zero-order valence-corrected chi connectivity index (χ0v) is 11.6. The summed E-state index contributed by atoms with van der Waals surface area (Å²) >= 11 is 5.76. The molecule has 1 rings (SSSR count). The van der Waals surface area contributed by atoms with Crippen molar-refractivity contribution in [3.05, 3.63) is 34.9 Å². The van der Waals surface area contributed by atoms with Crippen LogP contribution in [0.25, 0.3) is 0 Å². The molecule has 1 amide bonds. The Morgan fingerprint density at radius 2 is 2.11 bits per heavy atom. The SMILES string of the molecule is COCCNC(=O)CNCC(O)c1ccc(Cl)cc1. The molecule has 106 valence electrons. The summed E-state index contributed by atoms with van der Waals surface area (Å²) < 4.78 is 4.82. The van der Waals surface area contributed by atoms with Gasteiger partial charge in [-0.3, -0.25) is 4.79 Å². The van der Waals surface area contributed by atoms with Crippen molar-refractivity contribution in [2.45, 2.75) is 6.10 Å². The molecule has 0 bridgehead atoms. The molecule has 6 heteroatoms. The van der Waals surface area contributed by atoms with Crippen molar-refractivity contribution in [2.24, 2.45) is 0 Å². The van der Waals surface area contributed by atoms with Crippen LogP contribution in [0.2, 0.25) is 5.02 Å². The second-order valence-electron chi connectivity index (χ2n) is 4.04. The fraction of sp³-hybridized carbons (Fsp3) is 0.462. The molecule has 1 aromatic carbocycles. The minimum absolute atomic E-state index is 0.125. The van der Waals surface area contributed by atoms with E-state index in [2.05, 4.69) is 10.6 Å². The van der Waals surface area contributed by atoms with E-state index in [0.717, 1.165) is 5.56 Å². The number of carbonyl (C=O) groups is 1. The molecular weight excluding hydrogens is 268 g/mol. The van der Waals surface area contributed by atoms with Crippen molar-refractivity contribution < 1.29 is 14.6 Å². The monoisotopic (exact) mass is 286 g/mol. The number of amides is 1. The van der Waals surface area contributed by atoms with Gasteiger partial charge in [-0.2, -0.15) is 0 Å². The van der Waals surface area contributed by atoms with Gasteiger partial charge in [-0.15, -0.1) is 0 Å². The average molecular weight is 287 g/mol. The molecule has 0 aliphatic heterocycles. The first-order valence-electron chi connectivity index (χ1n) is 6.03. The number of aliphatic hydroxyl groups excluding tert-OH is 1. The minimum atomic E-state index is -0.663. The maximum atomic E-state index is 11.4. The Balaban J connectivity index is 2.21. The molecular formula is C13H19ClN2O3. The zero-order valence-electron chi connectivity index (χ0n) is 10.9. The lowest BCUT2D eigenvalue weighted by molar-refractivity contribution is -0.120. The lowest BCUT2D eigenvalue weighted by Gasteiger charge is -2.12. The first-order valence-corrected chi connectivity index (χ1v) is 6.41. The molecule has 0 aromatic heterocycles. The second kappa shape index (κ2) is 8.87. The predicted molar refractivity (Wildman–Crippen MR) is 74.2 cm³/mol. The number of methoxy groups -OCH3 is 1. The molecule has 0 fully saturated rings. The molecule has 3 N–H and O–H groups in total. The van der Waals surface area contributed by atoms with E-state index in [1.54, 1.807) is 31.4 Å². The maximum Gasteiger partial charge on any atom is 0.234 e. The summed E-state index contributed by atoms with van der Waals surface area (Å²) in [4.78, 5) is 11.4. The molecule has 1 atom stereocenters. The molecule has 0 heterocycles. The van der Waals surface area contributed by atoms with Gasteiger partial charge in [0.1, 0.15) is 0 Å². The van der Waals surface area contributed by atoms with Crippen LogP contribution in [0, 0.1) is 0 Å². The van der Waals surface area contributed by atoms with Crippen LogP contribution < -0.4 is 10.6 Å². The summed E-state index contributed by atoms with van der Waals surface area (Å²) in [6, 6.07) is 6.95. The number of aliphatic hydroxyl groups is 1. The normalized spacial score (nSPS) is 12.2. The van der Waals surface area contributed by atoms with Gasteiger partial charge in [-0.05, 0) is 17.7 Å². The summed E-state index contributed by atoms with van der Waals surface area (Å²) in [5.74, 6) is -0.125. The van der Waals surface area contributed by atoms with Crippen LogP contribution in [0.4, 0.5) is 0 Å². The third kappa shape index (κ3) is 6.54. The van der Waals surface area contributed by atoms with Crippen LogP contribution in [0.1, 0.15) is 11.7 Å². The Hall–Kier alpha value is -1.14. The zero-order chi connectivity index (χ0) is 14.1. The summed E-state index contributed by atoms with van der Waals surface area (Å²) in [6.07, 6.45) is -0.663. The number of ether oxygens (including phenoxy) is 1. The number of nitrogens with one attached hydrogen (secondary N) is 2. The third-order valence-corrected chi connectivity index (χ3v) is 2.76. The van der Waals surface area contributed by atoms with Crippen molar-refractivity contribution in [3.63, 3.8) is 0 Å². The van der Waals surface area contributed by atoms with Gasteiger partial charge in [-0.1, -0.05) is 23.7 Å². The van der Waals surface area contributed by atoms with Gasteiger partial charge in [0, 0.05) is 25.2 Å². The number of rotatable bonds is 8. The van der Waals surface area contributed by atoms with Crippen LogP contribution in [0.15, 0.2) is 24.3 Å². The van der Waals surface area contributed by atoms with E-state index < -0.39 is 6.10 Å². The van der Waals surface area contributed by atoms with Gasteiger partial charge in [0.15, 0.2) is 0 Å². The topological polar surface area (TPSA) is 70.6 Å². The van der Waals surface area contributed by atoms with Gasteiger partial charge in [0.2, 0.25) is 5.91 Å². The van der Waals surface area contributed by atoms with Crippen molar-refractivity contribution in [3.8, 4) is 0 Å². The van der Waals surface area contributed by atoms with Gasteiger partial charge in [-0.25, -0.2) is 0 Å². The van der Waals surface area contributed by atoms with Gasteiger partial charge >= 0.3 is 0 Å². The lowest BCUT2D eigenvalue weighted by atomic mass is 10.1. The molecule has 19 heavy (non-hydrogen) atoms. The molecule has 0 spiro atoms. The van der Waals surface area contributed by atoms with Gasteiger partial charge in [0.05, 0.1) is 19.3 Å². The summed E-state index contributed by atoms with van der Waals surface area (Å²) in [5, 5.41) is 16.1. The number of carbonyl (C=O) groups excluding carboxylic acids is 1. The molecule has 1 aromatic rings. The van der Waals surface area contributed by atoms with Gasteiger partial charge < -0.3 is 20.5 Å². The van der Waals surface area contributed by atoms with E-state index in [0.29, 0.717) is 24.7 Å². The first-order chi connectivity index (χ1) is 9.13. The lowest BCUT2D eigenvalue weighted by Crippen LogP contribution is -2.37. The average Bonchev–Trinajstić information content (AvgIpc) is 2.39. The van der Waals surface area contributed by atoms with Crippen molar-refractivity contribution in [1.82, 2.24) is 10.6 Å². The third-order valence-electron chi connectivity index (χ3n) is 2.51. The fourth-order valence-electron chi connectivity index (χ4n) is 1.48. The van der Waals surface area contributed by atoms with E-state index in [1.165, 1.54) is 0 Å². The second-order valence-corrected chi connectivity index (χ2v) is 4.48. The van der Waals surface area contributed by atoms with Crippen LogP contribution >= 0.6 is 11.6 Å². The molecule has 1 unspecified atom stereocenters. The minimum Gasteiger partial charge on any atom is -0.387 e. The van der Waals surface area contributed by atoms with E-state index in [1.807, 2.05) is 0 Å². The van der Waals surface area contributed by atoms with E-state index in [-0.39, 0.29) is 12.5 Å². The highest BCUT2D eigenvalue weighted by Crippen LogP contribution is 2.15. The predicted octanol–water partition coefficient (Wildman–Crippen LogP) is 0.726. The standard InChI is InChI=1S/C13H19ClN2O3/c1-19-7-6-16-13(18)9-15-8-12(17)10-2-4-11(14)5-3-10/h2-5,12,15,17H,6-9H2,1H3,(H,16,18). The molecule has 0 aliphatic carbocycles. The molecule has 0 radical (unpaired) electrons. The Morgan fingerprint density at radius 3 is 2.74 bits per heavy atom. The smallest absolute Gasteiger partial charge is 0.234 e. The highest BCUT2D eigenvalue weighted by molar-refractivity contribution is 6.30. The number of hydrogen-bond acceptors (Lipinski definition) is 4. The Kier molecular flexibility index (Phi) is 7.43. The quantitative estimate of drug-likeness (QED) is 0.616. The van der Waals surface area contributed by atoms with E-state index in [4.69, 9.17) is 16.3 Å². The van der Waals surface area contributed by atoms with Crippen molar-refractivity contribution in [2.75, 3.05) is 33.4 Å². The van der Waals surface area contributed by atoms with E-state index >= 15 is 0 Å². The van der Waals surface area contributed by atoms with Gasteiger partial charge in [0.25, 0.3) is 0 Å². The number of benzene rings is 1. The van der Waals surface area contributed by atoms with Crippen molar-refractivity contribution >= 4 is 17.5 Å². The van der Waals surface area contributed by atoms with Crippen molar-refractivity contribution in [1.29, 1.82) is 0 Å². The Bertz CT molecular complexity index is 384. The number of halogens is 1. The Morgan fingerprint density at radius 1 is 1.42 bits per heavy atom. The molecule has 0 saturated heterocycles. The molecule has 0 saturated carbocycles. The maximum absolute atomic E-state index is 11.4. The van der Waals surface area contributed by atoms with Crippen LogP contribution in [0.5, 0.6) is 0 Å². The number of hydrogen-bond donors (Lipinski definition) is 3. The van der Waals surface area contributed by atoms with Crippen LogP contribution in [0.3, 0.4) is 0 Å². The highest BCUT2D eigenvalue weighted by Gasteiger charge is 2.08. The largest absolute Gasteiger partial charge is 0.387 e. The molecule has 5 nitrogen and oxygen atoms in total. The molecule has 0 aliphatic rings. The van der Waals surface area contributed by atoms with Crippen LogP contribution in [-0.2, 0) is 9.53 Å². The summed E-state index contributed by atoms with van der Waals surface area (Å²) in [5.41, 5.74) is 0.761. The van der Waals surface area contributed by atoms with Crippen LogP contribution in [-0.4, -0.2) is 44.4 Å². The summed E-state index contributed by atoms with van der Waals surface area (Å²) in [6.45, 7) is 1.43. The summed E-state index contributed by atoms with van der Waals surface area (Å²) in [7, 11) is 1.58. The highest BCUT2D eigenvalue weighted by atomic mass is 35.5.